The molecule has 2 nitrogen and oxygen atoms in total. The molecule has 14 aromatic carbocycles. The molecule has 0 saturated carbocycles. The van der Waals surface area contributed by atoms with Crippen molar-refractivity contribution in [2.75, 3.05) is 0 Å². The van der Waals surface area contributed by atoms with Crippen LogP contribution in [0, 0.1) is 13.8 Å². The van der Waals surface area contributed by atoms with Gasteiger partial charge in [0, 0.05) is 43.9 Å². The number of H-pyrrole nitrogens is 1. The van der Waals surface area contributed by atoms with Crippen LogP contribution in [0.2, 0.25) is 0 Å². The van der Waals surface area contributed by atoms with E-state index in [-0.39, 0.29) is 0 Å². The van der Waals surface area contributed by atoms with E-state index in [1.165, 1.54) is 153 Å². The van der Waals surface area contributed by atoms with Gasteiger partial charge in [0.2, 0.25) is 0 Å². The molecule has 0 aliphatic heterocycles. The second kappa shape index (κ2) is 16.4. The summed E-state index contributed by atoms with van der Waals surface area (Å²) in [6.07, 6.45) is 0. The Labute approximate surface area is 439 Å². The molecule has 1 N–H and O–H groups in total. The van der Waals surface area contributed by atoms with Crippen molar-refractivity contribution in [1.29, 1.82) is 0 Å². The standard InChI is InChI=1S/C74H48N2/c1-44-23-27-46(28-24-44)50-40-65(47-29-25-45(2)26-30-47)74-70(42-50)63-20-10-12-22-72(63)76(74)52-33-36-61-60-34-31-48(37-66(60)57-17-7-8-18-58(57)68(61)43-52)51-39-64(73-69(41-51)62-19-9-11-21-71(62)75-73)49-32-35-59-55-15-4-3-13-53(55)54-14-5-6-16-56(54)67(59)38-49/h3-43,75H,1-2H3. The van der Waals surface area contributed by atoms with Crippen molar-refractivity contribution in [2.24, 2.45) is 0 Å². The lowest BCUT2D eigenvalue weighted by molar-refractivity contribution is 1.19. The zero-order valence-corrected chi connectivity index (χ0v) is 42.1. The van der Waals surface area contributed by atoms with E-state index < -0.39 is 0 Å². The van der Waals surface area contributed by atoms with E-state index >= 15 is 0 Å². The average molecular weight is 965 g/mol. The molecule has 0 amide bonds. The Kier molecular flexibility index (Phi) is 9.20. The van der Waals surface area contributed by atoms with E-state index in [9.17, 15) is 0 Å². The molecular formula is C74H48N2. The molecule has 16 aromatic rings. The summed E-state index contributed by atoms with van der Waals surface area (Å²) in [4.78, 5) is 3.87. The molecule has 0 unspecified atom stereocenters. The Bertz CT molecular complexity index is 5050. The molecule has 0 atom stereocenters. The van der Waals surface area contributed by atoms with Gasteiger partial charge in [-0.2, -0.15) is 0 Å². The Morgan fingerprint density at radius 1 is 0.263 bits per heavy atom. The maximum atomic E-state index is 3.87. The molecule has 0 aliphatic carbocycles. The minimum atomic E-state index is 1.14. The number of nitrogens with zero attached hydrogens (tertiary/aromatic N) is 1. The van der Waals surface area contributed by atoms with Gasteiger partial charge in [0.25, 0.3) is 0 Å². The molecule has 2 heteroatoms. The van der Waals surface area contributed by atoms with Crippen LogP contribution in [0.25, 0.3) is 158 Å². The highest BCUT2D eigenvalue weighted by Gasteiger charge is 2.21. The van der Waals surface area contributed by atoms with Crippen molar-refractivity contribution in [3.05, 3.63) is 260 Å². The monoisotopic (exact) mass is 964 g/mol. The predicted octanol–water partition coefficient (Wildman–Crippen LogP) is 20.6. The second-order valence-electron chi connectivity index (χ2n) is 21.0. The average Bonchev–Trinajstić information content (AvgIpc) is 4.07. The lowest BCUT2D eigenvalue weighted by atomic mass is 9.89. The highest BCUT2D eigenvalue weighted by Crippen LogP contribution is 2.46. The van der Waals surface area contributed by atoms with Crippen LogP contribution in [0.5, 0.6) is 0 Å². The van der Waals surface area contributed by atoms with Gasteiger partial charge in [0.15, 0.2) is 0 Å². The number of hydrogen-bond acceptors (Lipinski definition) is 0. The summed E-state index contributed by atoms with van der Waals surface area (Å²) in [6.45, 7) is 4.32. The topological polar surface area (TPSA) is 20.7 Å². The number of aromatic nitrogens is 2. The maximum Gasteiger partial charge on any atom is 0.0619 e. The number of nitrogens with one attached hydrogen (secondary N) is 1. The fourth-order valence-electron chi connectivity index (χ4n) is 12.9. The number of fused-ring (bicyclic) bond motifs is 18. The van der Waals surface area contributed by atoms with Crippen molar-refractivity contribution in [3.63, 3.8) is 0 Å². The minimum Gasteiger partial charge on any atom is -0.354 e. The lowest BCUT2D eigenvalue weighted by Crippen LogP contribution is -1.97. The third kappa shape index (κ3) is 6.41. The fraction of sp³-hybridized carbons (Fsp3) is 0.0270. The third-order valence-electron chi connectivity index (χ3n) is 16.6. The fourth-order valence-corrected chi connectivity index (χ4v) is 12.9. The molecule has 0 saturated heterocycles. The van der Waals surface area contributed by atoms with E-state index in [0.29, 0.717) is 0 Å². The molecule has 0 bridgehead atoms. The molecule has 0 fully saturated rings. The van der Waals surface area contributed by atoms with E-state index in [1.807, 2.05) is 0 Å². The largest absolute Gasteiger partial charge is 0.354 e. The Morgan fingerprint density at radius 3 is 1.32 bits per heavy atom. The van der Waals surface area contributed by atoms with Crippen LogP contribution < -0.4 is 0 Å². The summed E-state index contributed by atoms with van der Waals surface area (Å²) in [7, 11) is 0. The summed E-state index contributed by atoms with van der Waals surface area (Å²) in [5.74, 6) is 0. The van der Waals surface area contributed by atoms with Crippen LogP contribution in [0.4, 0.5) is 0 Å². The van der Waals surface area contributed by atoms with Gasteiger partial charge in [0.1, 0.15) is 0 Å². The van der Waals surface area contributed by atoms with Crippen molar-refractivity contribution >= 4 is 108 Å². The summed E-state index contributed by atoms with van der Waals surface area (Å²) >= 11 is 0. The van der Waals surface area contributed by atoms with Crippen LogP contribution in [0.3, 0.4) is 0 Å². The van der Waals surface area contributed by atoms with Crippen LogP contribution >= 0.6 is 0 Å². The highest BCUT2D eigenvalue weighted by atomic mass is 15.0. The van der Waals surface area contributed by atoms with Crippen LogP contribution in [0.1, 0.15) is 11.1 Å². The number of rotatable bonds is 5. The van der Waals surface area contributed by atoms with E-state index in [2.05, 4.69) is 272 Å². The molecule has 0 radical (unpaired) electrons. The quantitative estimate of drug-likeness (QED) is 0.166. The van der Waals surface area contributed by atoms with Gasteiger partial charge in [-0.3, -0.25) is 0 Å². The first-order chi connectivity index (χ1) is 37.5. The number of benzene rings is 14. The SMILES string of the molecule is Cc1ccc(-c2cc(-c3ccc(C)cc3)c3c(c2)c2ccccc2n3-c2ccc3c4ccc(-c5cc(-c6ccc7c8ccccc8c8ccccc8c7c6)c6[nH]c7ccccc7c6c5)cc4c4ccccc4c3c2)cc1. The van der Waals surface area contributed by atoms with E-state index in [1.54, 1.807) is 0 Å². The maximum absolute atomic E-state index is 3.87. The van der Waals surface area contributed by atoms with Gasteiger partial charge in [-0.15, -0.1) is 0 Å². The molecule has 354 valence electrons. The molecule has 0 aliphatic rings. The number of aryl methyl sites for hydroxylation is 2. The molecule has 2 heterocycles. The second-order valence-corrected chi connectivity index (χ2v) is 21.0. The van der Waals surface area contributed by atoms with Crippen LogP contribution in [0.15, 0.2) is 249 Å². The van der Waals surface area contributed by atoms with Gasteiger partial charge in [-0.25, -0.2) is 0 Å². The zero-order valence-electron chi connectivity index (χ0n) is 42.1. The van der Waals surface area contributed by atoms with Crippen molar-refractivity contribution < 1.29 is 0 Å². The van der Waals surface area contributed by atoms with Crippen LogP contribution in [-0.2, 0) is 0 Å². The Balaban J connectivity index is 0.899. The minimum absolute atomic E-state index is 1.14. The molecule has 76 heavy (non-hydrogen) atoms. The summed E-state index contributed by atoms with van der Waals surface area (Å²) in [5, 5.41) is 20.1. The Hall–Kier alpha value is -9.76. The summed E-state index contributed by atoms with van der Waals surface area (Å²) in [6, 6.07) is 93.4. The molecular weight excluding hydrogens is 917 g/mol. The van der Waals surface area contributed by atoms with Gasteiger partial charge in [-0.05, 0) is 173 Å². The van der Waals surface area contributed by atoms with Crippen molar-refractivity contribution in [1.82, 2.24) is 9.55 Å². The normalized spacial score (nSPS) is 12.1. The summed E-state index contributed by atoms with van der Waals surface area (Å²) < 4.78 is 2.51. The first kappa shape index (κ1) is 42.7. The first-order valence-electron chi connectivity index (χ1n) is 26.5. The Morgan fingerprint density at radius 2 is 0.684 bits per heavy atom. The van der Waals surface area contributed by atoms with Gasteiger partial charge < -0.3 is 9.55 Å². The van der Waals surface area contributed by atoms with Crippen LogP contribution in [-0.4, -0.2) is 9.55 Å². The van der Waals surface area contributed by atoms with E-state index in [4.69, 9.17) is 0 Å². The number of para-hydroxylation sites is 2. The van der Waals surface area contributed by atoms with Gasteiger partial charge >= 0.3 is 0 Å². The predicted molar refractivity (Wildman–Crippen MR) is 326 cm³/mol. The van der Waals surface area contributed by atoms with Crippen molar-refractivity contribution in [3.8, 4) is 50.2 Å². The lowest BCUT2D eigenvalue weighted by Gasteiger charge is -2.17. The zero-order chi connectivity index (χ0) is 50.2. The molecule has 16 rings (SSSR count). The number of hydrogen-bond donors (Lipinski definition) is 1. The first-order valence-corrected chi connectivity index (χ1v) is 26.5. The van der Waals surface area contributed by atoms with Crippen molar-refractivity contribution in [2.45, 2.75) is 13.8 Å². The third-order valence-corrected chi connectivity index (χ3v) is 16.6. The smallest absolute Gasteiger partial charge is 0.0619 e. The number of aromatic amines is 1. The molecule has 0 spiro atoms. The highest BCUT2D eigenvalue weighted by molar-refractivity contribution is 6.28. The van der Waals surface area contributed by atoms with Gasteiger partial charge in [0.05, 0.1) is 16.6 Å². The molecule has 2 aromatic heterocycles. The van der Waals surface area contributed by atoms with E-state index in [0.717, 1.165) is 16.7 Å². The van der Waals surface area contributed by atoms with Gasteiger partial charge in [-0.1, -0.05) is 199 Å². The summed E-state index contributed by atoms with van der Waals surface area (Å²) in [5.41, 5.74) is 18.0.